The fraction of sp³-hybridized carbons (Fsp3) is 0.562. The first-order valence-corrected chi connectivity index (χ1v) is 6.79. The van der Waals surface area contributed by atoms with Crippen LogP contribution in [0.1, 0.15) is 57.1 Å². The molecule has 0 bridgehead atoms. The van der Waals surface area contributed by atoms with Crippen LogP contribution in [-0.2, 0) is 16.6 Å². The van der Waals surface area contributed by atoms with Crippen molar-refractivity contribution in [1.82, 2.24) is 0 Å². The van der Waals surface area contributed by atoms with Crippen molar-refractivity contribution in [2.24, 2.45) is 0 Å². The first kappa shape index (κ1) is 12.3. The summed E-state index contributed by atoms with van der Waals surface area (Å²) in [6.45, 7) is 3.93. The molecule has 1 aromatic rings. The minimum absolute atomic E-state index is 0.176. The lowest BCUT2D eigenvalue weighted by molar-refractivity contribution is -0.123. The van der Waals surface area contributed by atoms with Gasteiger partial charge >= 0.3 is 0 Å². The molecule has 1 heteroatoms. The van der Waals surface area contributed by atoms with Gasteiger partial charge in [-0.3, -0.25) is 4.79 Å². The van der Waals surface area contributed by atoms with Crippen molar-refractivity contribution in [2.75, 3.05) is 0 Å². The summed E-state index contributed by atoms with van der Waals surface area (Å²) in [4.78, 5) is 12.1. The van der Waals surface area contributed by atoms with Gasteiger partial charge in [0.05, 0.1) is 5.41 Å². The molecule has 0 amide bonds. The van der Waals surface area contributed by atoms with E-state index < -0.39 is 0 Å². The Morgan fingerprint density at radius 2 is 1.71 bits per heavy atom. The van der Waals surface area contributed by atoms with Crippen molar-refractivity contribution >= 4 is 5.78 Å². The van der Waals surface area contributed by atoms with E-state index in [0.29, 0.717) is 5.78 Å². The van der Waals surface area contributed by atoms with Crippen molar-refractivity contribution in [2.45, 2.75) is 57.8 Å². The number of hydrogen-bond donors (Lipinski definition) is 0. The zero-order valence-corrected chi connectivity index (χ0v) is 11.0. The summed E-state index contributed by atoms with van der Waals surface area (Å²) in [6, 6.07) is 8.69. The number of benzene rings is 1. The van der Waals surface area contributed by atoms with Crippen LogP contribution in [0.5, 0.6) is 0 Å². The monoisotopic (exact) mass is 230 g/mol. The van der Waals surface area contributed by atoms with Gasteiger partial charge in [0.1, 0.15) is 5.78 Å². The maximum atomic E-state index is 12.1. The van der Waals surface area contributed by atoms with E-state index in [2.05, 4.69) is 31.2 Å². The smallest absolute Gasteiger partial charge is 0.140 e. The summed E-state index contributed by atoms with van der Waals surface area (Å²) in [5.74, 6) is 0.349. The van der Waals surface area contributed by atoms with Gasteiger partial charge in [-0.1, -0.05) is 50.5 Å². The van der Waals surface area contributed by atoms with Crippen LogP contribution in [-0.4, -0.2) is 5.78 Å². The lowest BCUT2D eigenvalue weighted by Gasteiger charge is -2.35. The third kappa shape index (κ3) is 2.29. The molecule has 1 fully saturated rings. The summed E-state index contributed by atoms with van der Waals surface area (Å²) in [6.07, 6.45) is 6.79. The van der Waals surface area contributed by atoms with Crippen LogP contribution >= 0.6 is 0 Å². The second kappa shape index (κ2) is 5.03. The van der Waals surface area contributed by atoms with E-state index in [9.17, 15) is 4.79 Å². The van der Waals surface area contributed by atoms with Crippen molar-refractivity contribution in [3.05, 3.63) is 35.4 Å². The van der Waals surface area contributed by atoms with E-state index >= 15 is 0 Å². The molecule has 17 heavy (non-hydrogen) atoms. The van der Waals surface area contributed by atoms with Crippen molar-refractivity contribution in [3.63, 3.8) is 0 Å². The van der Waals surface area contributed by atoms with E-state index in [1.54, 1.807) is 6.92 Å². The average molecular weight is 230 g/mol. The largest absolute Gasteiger partial charge is 0.299 e. The van der Waals surface area contributed by atoms with Crippen LogP contribution in [0.4, 0.5) is 0 Å². The molecular weight excluding hydrogens is 208 g/mol. The molecule has 1 aliphatic carbocycles. The molecule has 92 valence electrons. The summed E-state index contributed by atoms with van der Waals surface area (Å²) in [5.41, 5.74) is 2.41. The highest BCUT2D eigenvalue weighted by Gasteiger charge is 2.38. The fourth-order valence-corrected chi connectivity index (χ4v) is 3.06. The van der Waals surface area contributed by atoms with Crippen LogP contribution in [0.15, 0.2) is 24.3 Å². The molecule has 0 saturated heterocycles. The number of carbonyl (C=O) groups excluding carboxylic acids is 1. The Balaban J connectivity index is 2.34. The Morgan fingerprint density at radius 3 is 2.18 bits per heavy atom. The maximum Gasteiger partial charge on any atom is 0.140 e. The van der Waals surface area contributed by atoms with E-state index in [4.69, 9.17) is 0 Å². The zero-order valence-electron chi connectivity index (χ0n) is 11.0. The van der Waals surface area contributed by atoms with E-state index in [1.807, 2.05) is 0 Å². The predicted molar refractivity (Wildman–Crippen MR) is 71.3 cm³/mol. The minimum Gasteiger partial charge on any atom is -0.299 e. The molecule has 1 aliphatic rings. The van der Waals surface area contributed by atoms with Crippen molar-refractivity contribution in [3.8, 4) is 0 Å². The van der Waals surface area contributed by atoms with Crippen LogP contribution in [0.3, 0.4) is 0 Å². The summed E-state index contributed by atoms with van der Waals surface area (Å²) in [7, 11) is 0. The lowest BCUT2D eigenvalue weighted by Crippen LogP contribution is -2.36. The van der Waals surface area contributed by atoms with Gasteiger partial charge in [0.15, 0.2) is 0 Å². The normalized spacial score (nSPS) is 18.9. The molecule has 0 aliphatic heterocycles. The summed E-state index contributed by atoms with van der Waals surface area (Å²) < 4.78 is 0. The lowest BCUT2D eigenvalue weighted by atomic mass is 9.67. The fourth-order valence-electron chi connectivity index (χ4n) is 3.06. The Hall–Kier alpha value is -1.11. The molecule has 0 unspecified atom stereocenters. The number of aryl methyl sites for hydroxylation is 1. The molecule has 0 radical (unpaired) electrons. The number of ketones is 1. The van der Waals surface area contributed by atoms with Gasteiger partial charge in [-0.25, -0.2) is 0 Å². The summed E-state index contributed by atoms with van der Waals surface area (Å²) in [5, 5.41) is 0. The Bertz CT molecular complexity index is 382. The molecule has 1 aromatic carbocycles. The average Bonchev–Trinajstić information content (AvgIpc) is 2.39. The molecule has 0 heterocycles. The quantitative estimate of drug-likeness (QED) is 0.766. The van der Waals surface area contributed by atoms with Crippen LogP contribution in [0.25, 0.3) is 0 Å². The van der Waals surface area contributed by atoms with Gasteiger partial charge in [0.25, 0.3) is 0 Å². The highest BCUT2D eigenvalue weighted by atomic mass is 16.1. The zero-order chi connectivity index (χ0) is 12.3. The van der Waals surface area contributed by atoms with Crippen LogP contribution in [0, 0.1) is 0 Å². The maximum absolute atomic E-state index is 12.1. The van der Waals surface area contributed by atoms with Gasteiger partial charge in [-0.05, 0) is 37.3 Å². The Kier molecular flexibility index (Phi) is 3.66. The van der Waals surface area contributed by atoms with Gasteiger partial charge in [-0.2, -0.15) is 0 Å². The van der Waals surface area contributed by atoms with Gasteiger partial charge in [0.2, 0.25) is 0 Å². The molecule has 2 rings (SSSR count). The molecule has 0 spiro atoms. The second-order valence-corrected chi connectivity index (χ2v) is 5.25. The number of rotatable bonds is 3. The molecular formula is C16H22O. The molecule has 1 saturated carbocycles. The van der Waals surface area contributed by atoms with E-state index in [-0.39, 0.29) is 5.41 Å². The third-order valence-corrected chi connectivity index (χ3v) is 4.30. The number of hydrogen-bond acceptors (Lipinski definition) is 1. The predicted octanol–water partition coefficient (Wildman–Crippen LogP) is 4.04. The van der Waals surface area contributed by atoms with E-state index in [1.165, 1.54) is 30.4 Å². The molecule has 1 nitrogen and oxygen atoms in total. The van der Waals surface area contributed by atoms with Gasteiger partial charge in [-0.15, -0.1) is 0 Å². The van der Waals surface area contributed by atoms with Gasteiger partial charge in [0, 0.05) is 0 Å². The standard InChI is InChI=1S/C16H22O/c1-3-14-7-9-15(10-8-14)16(13(2)17)11-5-4-6-12-16/h7-10H,3-6,11-12H2,1-2H3. The highest BCUT2D eigenvalue weighted by molar-refractivity contribution is 5.88. The Morgan fingerprint density at radius 1 is 1.12 bits per heavy atom. The second-order valence-electron chi connectivity index (χ2n) is 5.25. The first-order chi connectivity index (χ1) is 8.19. The van der Waals surface area contributed by atoms with Crippen LogP contribution < -0.4 is 0 Å². The first-order valence-electron chi connectivity index (χ1n) is 6.79. The topological polar surface area (TPSA) is 17.1 Å². The number of Topliss-reactive ketones (excluding diaryl/α,β-unsaturated/α-hetero) is 1. The SMILES string of the molecule is CCc1ccc(C2(C(C)=O)CCCCC2)cc1. The minimum atomic E-state index is -0.176. The number of carbonyl (C=O) groups is 1. The van der Waals surface area contributed by atoms with Crippen LogP contribution in [0.2, 0.25) is 0 Å². The van der Waals surface area contributed by atoms with Gasteiger partial charge < -0.3 is 0 Å². The molecule has 0 aromatic heterocycles. The molecule has 0 N–H and O–H groups in total. The van der Waals surface area contributed by atoms with E-state index in [0.717, 1.165) is 19.3 Å². The summed E-state index contributed by atoms with van der Waals surface area (Å²) >= 11 is 0. The third-order valence-electron chi connectivity index (χ3n) is 4.30. The van der Waals surface area contributed by atoms with Crippen molar-refractivity contribution in [1.29, 1.82) is 0 Å². The highest BCUT2D eigenvalue weighted by Crippen LogP contribution is 2.40. The molecule has 0 atom stereocenters. The Labute approximate surface area is 104 Å². The van der Waals surface area contributed by atoms with Crippen molar-refractivity contribution < 1.29 is 4.79 Å².